The highest BCUT2D eigenvalue weighted by atomic mass is 16.5. The zero-order chi connectivity index (χ0) is 14.0. The fraction of sp³-hybridized carbons (Fsp3) is 0.400. The predicted molar refractivity (Wildman–Crippen MR) is 72.1 cm³/mol. The number of carboxylic acid groups (broad SMARTS) is 1. The molecule has 0 saturated heterocycles. The number of carboxylic acids is 1. The van der Waals surface area contributed by atoms with E-state index in [1.54, 1.807) is 7.11 Å². The van der Waals surface area contributed by atoms with Gasteiger partial charge in [-0.25, -0.2) is 4.79 Å². The number of benzene rings is 1. The summed E-state index contributed by atoms with van der Waals surface area (Å²) in [6, 6.07) is 5.70. The molecule has 1 aromatic rings. The molecular formula is C15H18O4. The van der Waals surface area contributed by atoms with Crippen molar-refractivity contribution in [3.63, 3.8) is 0 Å². The van der Waals surface area contributed by atoms with E-state index in [1.165, 1.54) is 0 Å². The van der Waals surface area contributed by atoms with Gasteiger partial charge in [-0.05, 0) is 44.4 Å². The van der Waals surface area contributed by atoms with Crippen LogP contribution in [0.25, 0.3) is 5.76 Å². The Hall–Kier alpha value is -1.97. The highest BCUT2D eigenvalue weighted by Crippen LogP contribution is 2.35. The Labute approximate surface area is 112 Å². The van der Waals surface area contributed by atoms with Crippen LogP contribution in [0.5, 0.6) is 5.75 Å². The van der Waals surface area contributed by atoms with Gasteiger partial charge in [0.2, 0.25) is 0 Å². The van der Waals surface area contributed by atoms with E-state index in [-0.39, 0.29) is 6.10 Å². The fourth-order valence-corrected chi connectivity index (χ4v) is 2.22. The van der Waals surface area contributed by atoms with Gasteiger partial charge >= 0.3 is 5.97 Å². The first-order valence-corrected chi connectivity index (χ1v) is 6.33. The molecule has 19 heavy (non-hydrogen) atoms. The maximum atomic E-state index is 11.3. The molecule has 0 spiro atoms. The van der Waals surface area contributed by atoms with Crippen molar-refractivity contribution in [2.24, 2.45) is 0 Å². The molecular weight excluding hydrogens is 244 g/mol. The lowest BCUT2D eigenvalue weighted by Gasteiger charge is -2.24. The summed E-state index contributed by atoms with van der Waals surface area (Å²) in [6.07, 6.45) is 1.14. The third kappa shape index (κ3) is 2.72. The molecule has 102 valence electrons. The summed E-state index contributed by atoms with van der Waals surface area (Å²) in [4.78, 5) is 11.3. The van der Waals surface area contributed by atoms with Crippen LogP contribution in [0.3, 0.4) is 0 Å². The number of hydrogen-bond acceptors (Lipinski definition) is 3. The molecule has 4 nitrogen and oxygen atoms in total. The molecule has 1 aliphatic carbocycles. The Morgan fingerprint density at radius 2 is 2.05 bits per heavy atom. The number of methoxy groups -OCH3 is 1. The number of carbonyl (C=O) groups is 1. The normalized spacial score (nSPS) is 14.3. The van der Waals surface area contributed by atoms with Crippen molar-refractivity contribution < 1.29 is 19.4 Å². The van der Waals surface area contributed by atoms with Crippen molar-refractivity contribution in [1.29, 1.82) is 0 Å². The largest absolute Gasteiger partial charge is 0.497 e. The van der Waals surface area contributed by atoms with Gasteiger partial charge in [0.15, 0.2) is 0 Å². The average molecular weight is 262 g/mol. The van der Waals surface area contributed by atoms with Gasteiger partial charge in [0.05, 0.1) is 18.8 Å². The molecule has 0 unspecified atom stereocenters. The first kappa shape index (κ1) is 13.5. The Bertz CT molecular complexity index is 529. The van der Waals surface area contributed by atoms with Gasteiger partial charge in [-0.3, -0.25) is 0 Å². The fourth-order valence-electron chi connectivity index (χ4n) is 2.22. The molecule has 0 fully saturated rings. The van der Waals surface area contributed by atoms with Crippen LogP contribution in [0, 0.1) is 0 Å². The van der Waals surface area contributed by atoms with Crippen molar-refractivity contribution >= 4 is 11.7 Å². The van der Waals surface area contributed by atoms with Gasteiger partial charge < -0.3 is 14.6 Å². The van der Waals surface area contributed by atoms with E-state index in [2.05, 4.69) is 0 Å². The van der Waals surface area contributed by atoms with Crippen molar-refractivity contribution in [2.45, 2.75) is 32.8 Å². The van der Waals surface area contributed by atoms with Gasteiger partial charge in [-0.15, -0.1) is 0 Å². The highest BCUT2D eigenvalue weighted by Gasteiger charge is 2.25. The van der Waals surface area contributed by atoms with Crippen LogP contribution in [0.1, 0.15) is 31.4 Å². The van der Waals surface area contributed by atoms with Crippen LogP contribution < -0.4 is 4.74 Å². The quantitative estimate of drug-likeness (QED) is 0.906. The average Bonchev–Trinajstić information content (AvgIpc) is 2.37. The van der Waals surface area contributed by atoms with Gasteiger partial charge in [0.25, 0.3) is 0 Å². The lowest BCUT2D eigenvalue weighted by Crippen LogP contribution is -2.16. The second kappa shape index (κ2) is 5.34. The Morgan fingerprint density at radius 1 is 1.32 bits per heavy atom. The van der Waals surface area contributed by atoms with Crippen LogP contribution in [-0.4, -0.2) is 24.3 Å². The first-order chi connectivity index (χ1) is 9.02. The minimum atomic E-state index is -0.913. The van der Waals surface area contributed by atoms with Gasteiger partial charge in [0, 0.05) is 5.56 Å². The number of ether oxygens (including phenoxy) is 2. The molecule has 0 atom stereocenters. The molecule has 0 amide bonds. The molecule has 0 heterocycles. The summed E-state index contributed by atoms with van der Waals surface area (Å²) in [5, 5.41) is 9.30. The minimum Gasteiger partial charge on any atom is -0.497 e. The summed E-state index contributed by atoms with van der Waals surface area (Å²) in [6.45, 7) is 3.78. The Morgan fingerprint density at radius 3 is 2.63 bits per heavy atom. The zero-order valence-electron chi connectivity index (χ0n) is 11.4. The molecule has 0 radical (unpaired) electrons. The van der Waals surface area contributed by atoms with Crippen LogP contribution in [-0.2, 0) is 16.0 Å². The van der Waals surface area contributed by atoms with Crippen LogP contribution in [0.15, 0.2) is 23.8 Å². The van der Waals surface area contributed by atoms with E-state index in [0.717, 1.165) is 11.1 Å². The van der Waals surface area contributed by atoms with Crippen molar-refractivity contribution in [2.75, 3.05) is 7.11 Å². The molecule has 1 aromatic carbocycles. The molecule has 0 aliphatic heterocycles. The second-order valence-corrected chi connectivity index (χ2v) is 4.80. The van der Waals surface area contributed by atoms with Gasteiger partial charge in [0.1, 0.15) is 11.5 Å². The number of aryl methyl sites for hydroxylation is 1. The number of aliphatic carboxylic acids is 1. The smallest absolute Gasteiger partial charge is 0.335 e. The van der Waals surface area contributed by atoms with Gasteiger partial charge in [-0.2, -0.15) is 0 Å². The van der Waals surface area contributed by atoms with E-state index in [9.17, 15) is 9.90 Å². The standard InChI is InChI=1S/C15H18O4/c1-9(2)19-14-12(15(16)17)7-5-10-4-6-11(18-3)8-13(10)14/h4,6,8-9H,5,7H2,1-3H3,(H,16,17). The van der Waals surface area contributed by atoms with Crippen LogP contribution in [0.2, 0.25) is 0 Å². The van der Waals surface area contributed by atoms with E-state index in [0.29, 0.717) is 29.9 Å². The van der Waals surface area contributed by atoms with E-state index in [4.69, 9.17) is 9.47 Å². The summed E-state index contributed by atoms with van der Waals surface area (Å²) in [7, 11) is 1.59. The van der Waals surface area contributed by atoms with Crippen LogP contribution in [0.4, 0.5) is 0 Å². The summed E-state index contributed by atoms with van der Waals surface area (Å²) in [5.74, 6) is 0.266. The monoisotopic (exact) mass is 262 g/mol. The van der Waals surface area contributed by atoms with Crippen molar-refractivity contribution in [3.05, 3.63) is 34.9 Å². The zero-order valence-corrected chi connectivity index (χ0v) is 11.4. The predicted octanol–water partition coefficient (Wildman–Crippen LogP) is 2.86. The molecule has 0 aromatic heterocycles. The summed E-state index contributed by atoms with van der Waals surface area (Å²) < 4.78 is 10.9. The lowest BCUT2D eigenvalue weighted by atomic mass is 9.90. The topological polar surface area (TPSA) is 55.8 Å². The second-order valence-electron chi connectivity index (χ2n) is 4.80. The minimum absolute atomic E-state index is 0.0681. The van der Waals surface area contributed by atoms with Crippen molar-refractivity contribution in [3.8, 4) is 5.75 Å². The first-order valence-electron chi connectivity index (χ1n) is 6.33. The summed E-state index contributed by atoms with van der Waals surface area (Å²) >= 11 is 0. The Balaban J connectivity index is 2.55. The molecule has 4 heteroatoms. The number of fused-ring (bicyclic) bond motifs is 1. The molecule has 0 saturated carbocycles. The summed E-state index contributed by atoms with van der Waals surface area (Å²) in [5.41, 5.74) is 2.27. The lowest BCUT2D eigenvalue weighted by molar-refractivity contribution is -0.132. The van der Waals surface area contributed by atoms with Gasteiger partial charge in [-0.1, -0.05) is 6.07 Å². The third-order valence-electron chi connectivity index (χ3n) is 3.09. The SMILES string of the molecule is COc1ccc2c(c1)C(OC(C)C)=C(C(=O)O)CC2. The Kier molecular flexibility index (Phi) is 3.79. The maximum Gasteiger partial charge on any atom is 0.335 e. The number of rotatable bonds is 4. The van der Waals surface area contributed by atoms with E-state index >= 15 is 0 Å². The third-order valence-corrected chi connectivity index (χ3v) is 3.09. The molecule has 1 N–H and O–H groups in total. The van der Waals surface area contributed by atoms with E-state index in [1.807, 2.05) is 32.0 Å². The van der Waals surface area contributed by atoms with Crippen LogP contribution >= 0.6 is 0 Å². The van der Waals surface area contributed by atoms with E-state index < -0.39 is 5.97 Å². The molecule has 1 aliphatic rings. The highest BCUT2D eigenvalue weighted by molar-refractivity contribution is 5.96. The van der Waals surface area contributed by atoms with Crippen molar-refractivity contribution in [1.82, 2.24) is 0 Å². The molecule has 2 rings (SSSR count). The maximum absolute atomic E-state index is 11.3. The molecule has 0 bridgehead atoms. The number of hydrogen-bond donors (Lipinski definition) is 1.